The number of benzene rings is 1. The van der Waals surface area contributed by atoms with Gasteiger partial charge < -0.3 is 16.6 Å². The molecule has 1 aromatic carbocycles. The molecule has 1 saturated heterocycles. The number of rotatable bonds is 8. The predicted molar refractivity (Wildman–Crippen MR) is 85.9 cm³/mol. The minimum atomic E-state index is 0. The first kappa shape index (κ1) is 20.2. The van der Waals surface area contributed by atoms with Gasteiger partial charge in [-0.15, -0.1) is 0 Å². The molecule has 0 unspecified atom stereocenters. The molecule has 1 heterocycles. The summed E-state index contributed by atoms with van der Waals surface area (Å²) in [6.07, 6.45) is 4.77. The number of amides is 1. The van der Waals surface area contributed by atoms with E-state index in [0.717, 1.165) is 32.2 Å². The Balaban J connectivity index is 0.00000242. The Hall–Kier alpha value is 0.174. The predicted octanol–water partition coefficient (Wildman–Crippen LogP) is 4.37. The number of nitrogens with zero attached hydrogens (tertiary/aromatic N) is 1. The number of hydrogen-bond acceptors (Lipinski definition) is 2. The average Bonchev–Trinajstić information content (AvgIpc) is 2.42. The van der Waals surface area contributed by atoms with Crippen LogP contribution in [0.2, 0.25) is 10.0 Å². The summed E-state index contributed by atoms with van der Waals surface area (Å²) < 4.78 is 5.70. The minimum absolute atomic E-state index is 0. The van der Waals surface area contributed by atoms with Crippen molar-refractivity contribution in [1.82, 2.24) is 4.90 Å². The summed E-state index contributed by atoms with van der Waals surface area (Å²) in [5.74, 6) is 0.853. The zero-order chi connectivity index (χ0) is 15.2. The van der Waals surface area contributed by atoms with Gasteiger partial charge >= 0.3 is 0 Å². The molecule has 1 aliphatic heterocycles. The Kier molecular flexibility index (Phi) is 9.31. The molecule has 0 saturated carbocycles. The second-order valence-corrected chi connectivity index (χ2v) is 6.15. The van der Waals surface area contributed by atoms with E-state index in [0.29, 0.717) is 28.8 Å². The quantitative estimate of drug-likeness (QED) is 0.357. The maximum Gasteiger partial charge on any atom is 0.225 e. The number of β-lactam (4-membered cyclic amide) rings is 1. The Morgan fingerprint density at radius 3 is 2.45 bits per heavy atom. The number of likely N-dealkylation sites (tertiary alicyclic amines) is 1. The van der Waals surface area contributed by atoms with E-state index in [-0.39, 0.29) is 44.7 Å². The van der Waals surface area contributed by atoms with Gasteiger partial charge in [0.1, 0.15) is 12.4 Å². The summed E-state index contributed by atoms with van der Waals surface area (Å²) in [6, 6.07) is 5.28. The molecule has 1 aliphatic rings. The second-order valence-electron chi connectivity index (χ2n) is 5.28. The Morgan fingerprint density at radius 2 is 1.86 bits per heavy atom. The van der Waals surface area contributed by atoms with Crippen LogP contribution in [0.15, 0.2) is 18.2 Å². The zero-order valence-electron chi connectivity index (χ0n) is 12.6. The van der Waals surface area contributed by atoms with Gasteiger partial charge in [-0.1, -0.05) is 36.0 Å². The van der Waals surface area contributed by atoms with E-state index in [9.17, 15) is 4.79 Å². The Morgan fingerprint density at radius 1 is 1.18 bits per heavy atom. The SMILES string of the molecule is [CH2-]CCCCCN1C(=O)C[C@@H]1COc1cc(Cl)cc(Cl)c1.[Y]. The van der Waals surface area contributed by atoms with Crippen LogP contribution in [-0.4, -0.2) is 30.0 Å². The monoisotopic (exact) mass is 417 g/mol. The number of carbonyl (C=O) groups is 1. The summed E-state index contributed by atoms with van der Waals surface area (Å²) in [7, 11) is 0. The van der Waals surface area contributed by atoms with Crippen molar-refractivity contribution in [3.8, 4) is 5.75 Å². The molecule has 1 aromatic rings. The van der Waals surface area contributed by atoms with Crippen molar-refractivity contribution < 1.29 is 42.2 Å². The van der Waals surface area contributed by atoms with Gasteiger partial charge in [0.2, 0.25) is 5.91 Å². The second kappa shape index (κ2) is 10.1. The smallest absolute Gasteiger partial charge is 0.225 e. The first-order valence-electron chi connectivity index (χ1n) is 7.28. The third-order valence-electron chi connectivity index (χ3n) is 3.60. The summed E-state index contributed by atoms with van der Waals surface area (Å²) in [4.78, 5) is 13.5. The van der Waals surface area contributed by atoms with Gasteiger partial charge in [-0.3, -0.25) is 4.79 Å². The van der Waals surface area contributed by atoms with Crippen LogP contribution in [0, 0.1) is 6.92 Å². The molecular weight excluding hydrogens is 398 g/mol. The number of carbonyl (C=O) groups excluding carboxylic acids is 1. The molecule has 6 heteroatoms. The fraction of sp³-hybridized carbons (Fsp3) is 0.500. The number of hydrogen-bond donors (Lipinski definition) is 0. The van der Waals surface area contributed by atoms with Gasteiger partial charge in [-0.05, 0) is 24.6 Å². The van der Waals surface area contributed by atoms with Crippen molar-refractivity contribution in [3.63, 3.8) is 0 Å². The van der Waals surface area contributed by atoms with Crippen LogP contribution in [0.4, 0.5) is 0 Å². The van der Waals surface area contributed by atoms with Crippen LogP contribution in [0.1, 0.15) is 32.1 Å². The third kappa shape index (κ3) is 5.99. The maximum atomic E-state index is 11.6. The van der Waals surface area contributed by atoms with Crippen LogP contribution in [0.3, 0.4) is 0 Å². The van der Waals surface area contributed by atoms with Crippen LogP contribution in [0.5, 0.6) is 5.75 Å². The number of halogens is 2. The molecule has 0 aromatic heterocycles. The molecule has 0 spiro atoms. The molecule has 119 valence electrons. The van der Waals surface area contributed by atoms with Crippen molar-refractivity contribution in [2.45, 2.75) is 38.1 Å². The summed E-state index contributed by atoms with van der Waals surface area (Å²) in [5, 5.41) is 1.10. The molecule has 0 bridgehead atoms. The Bertz CT molecular complexity index is 479. The zero-order valence-corrected chi connectivity index (χ0v) is 16.9. The van der Waals surface area contributed by atoms with E-state index in [1.807, 2.05) is 4.90 Å². The summed E-state index contributed by atoms with van der Waals surface area (Å²) >= 11 is 11.9. The normalized spacial score (nSPS) is 17.0. The number of ether oxygens (including phenoxy) is 1. The van der Waals surface area contributed by atoms with Crippen LogP contribution in [-0.2, 0) is 37.5 Å². The minimum Gasteiger partial charge on any atom is -0.491 e. The molecule has 3 nitrogen and oxygen atoms in total. The molecule has 1 atom stereocenters. The fourth-order valence-electron chi connectivity index (χ4n) is 2.42. The standard InChI is InChI=1S/C16H20Cl2NO2.Y/c1-2-3-4-5-6-19-14(10-16(19)20)11-21-15-8-12(17)7-13(18)9-15;/h7-9,14H,1-6,10-11H2;/q-1;/t14-;/m1./s1. The van der Waals surface area contributed by atoms with Gasteiger partial charge in [0.15, 0.2) is 0 Å². The van der Waals surface area contributed by atoms with Crippen molar-refractivity contribution in [2.75, 3.05) is 13.2 Å². The molecular formula is C16H20Cl2NO2Y-. The van der Waals surface area contributed by atoms with E-state index in [1.54, 1.807) is 18.2 Å². The van der Waals surface area contributed by atoms with Crippen molar-refractivity contribution in [2.24, 2.45) is 0 Å². The largest absolute Gasteiger partial charge is 0.491 e. The first-order chi connectivity index (χ1) is 10.1. The van der Waals surface area contributed by atoms with Gasteiger partial charge in [0.05, 0.1) is 12.5 Å². The molecule has 0 N–H and O–H groups in total. The molecule has 1 radical (unpaired) electrons. The molecule has 2 rings (SSSR count). The molecule has 0 aliphatic carbocycles. The van der Waals surface area contributed by atoms with E-state index in [2.05, 4.69) is 6.92 Å². The molecule has 1 fully saturated rings. The van der Waals surface area contributed by atoms with Gasteiger partial charge in [-0.25, -0.2) is 0 Å². The topological polar surface area (TPSA) is 29.5 Å². The summed E-state index contributed by atoms with van der Waals surface area (Å²) in [5.41, 5.74) is 0. The number of unbranched alkanes of at least 4 members (excludes halogenated alkanes) is 3. The van der Waals surface area contributed by atoms with Crippen LogP contribution < -0.4 is 4.74 Å². The molecule has 1 amide bonds. The van der Waals surface area contributed by atoms with E-state index in [1.165, 1.54) is 0 Å². The maximum absolute atomic E-state index is 11.6. The van der Waals surface area contributed by atoms with Crippen LogP contribution in [0.25, 0.3) is 0 Å². The molecule has 22 heavy (non-hydrogen) atoms. The van der Waals surface area contributed by atoms with E-state index >= 15 is 0 Å². The third-order valence-corrected chi connectivity index (χ3v) is 4.04. The fourth-order valence-corrected chi connectivity index (χ4v) is 2.92. The van der Waals surface area contributed by atoms with Gasteiger partial charge in [0, 0.05) is 49.3 Å². The average molecular weight is 418 g/mol. The van der Waals surface area contributed by atoms with Crippen molar-refractivity contribution in [1.29, 1.82) is 0 Å². The van der Waals surface area contributed by atoms with Crippen molar-refractivity contribution >= 4 is 29.1 Å². The van der Waals surface area contributed by atoms with Gasteiger partial charge in [-0.2, -0.15) is 6.42 Å². The van der Waals surface area contributed by atoms with Crippen LogP contribution >= 0.6 is 23.2 Å². The van der Waals surface area contributed by atoms with Crippen molar-refractivity contribution in [3.05, 3.63) is 35.2 Å². The van der Waals surface area contributed by atoms with E-state index < -0.39 is 0 Å². The first-order valence-corrected chi connectivity index (χ1v) is 8.03. The van der Waals surface area contributed by atoms with Gasteiger partial charge in [0.25, 0.3) is 0 Å². The Labute approximate surface area is 167 Å². The summed E-state index contributed by atoms with van der Waals surface area (Å²) in [6.45, 7) is 5.11. The van der Waals surface area contributed by atoms with E-state index in [4.69, 9.17) is 27.9 Å².